The monoisotopic (exact) mass is 411 g/mol. The van der Waals surface area contributed by atoms with Gasteiger partial charge in [-0.2, -0.15) is 0 Å². The Morgan fingerprint density at radius 3 is 2.03 bits per heavy atom. The van der Waals surface area contributed by atoms with Gasteiger partial charge in [-0.25, -0.2) is 0 Å². The summed E-state index contributed by atoms with van der Waals surface area (Å²) in [5, 5.41) is 21.8. The first-order valence-corrected chi connectivity index (χ1v) is 9.53. The topological polar surface area (TPSA) is 74.1 Å². The quantitative estimate of drug-likeness (QED) is 0.467. The van der Waals surface area contributed by atoms with Crippen LogP contribution in [0.3, 0.4) is 0 Å². The number of carbonyl (C=O) groups is 1. The van der Waals surface area contributed by atoms with E-state index in [-0.39, 0.29) is 30.0 Å². The fourth-order valence-electron chi connectivity index (χ4n) is 3.21. The highest BCUT2D eigenvalue weighted by Crippen LogP contribution is 2.22. The Hall–Kier alpha value is -2.66. The average molecular weight is 412 g/mol. The van der Waals surface area contributed by atoms with Crippen molar-refractivity contribution in [3.63, 3.8) is 0 Å². The van der Waals surface area contributed by atoms with Gasteiger partial charge in [0.1, 0.15) is 17.9 Å². The molecule has 0 fully saturated rings. The summed E-state index contributed by atoms with van der Waals surface area (Å²) in [5.41, 5.74) is 3.58. The van der Waals surface area contributed by atoms with E-state index in [1.807, 2.05) is 79.0 Å². The van der Waals surface area contributed by atoms with Gasteiger partial charge in [0, 0.05) is 5.56 Å². The number of Topliss-reactive ketones (excluding diaryl/α,β-unsaturated/α-hetero) is 1. The molecule has 4 nitrogen and oxygen atoms in total. The predicted octanol–water partition coefficient (Wildman–Crippen LogP) is 0.321. The second-order valence-corrected chi connectivity index (χ2v) is 7.04. The van der Waals surface area contributed by atoms with E-state index in [4.69, 9.17) is 0 Å². The lowest BCUT2D eigenvalue weighted by Crippen LogP contribution is -3.00. The molecule has 0 bridgehead atoms. The summed E-state index contributed by atoms with van der Waals surface area (Å²) >= 11 is 0. The van der Waals surface area contributed by atoms with Crippen molar-refractivity contribution in [3.05, 3.63) is 90.0 Å². The van der Waals surface area contributed by atoms with Crippen molar-refractivity contribution in [1.29, 1.82) is 0 Å². The first-order chi connectivity index (χ1) is 13.5. The van der Waals surface area contributed by atoms with Crippen LogP contribution in [0.2, 0.25) is 0 Å². The fourth-order valence-corrected chi connectivity index (χ4v) is 3.21. The van der Waals surface area contributed by atoms with Gasteiger partial charge in [-0.3, -0.25) is 4.79 Å². The minimum absolute atomic E-state index is 0. The average Bonchev–Trinajstić information content (AvgIpc) is 2.74. The maximum atomic E-state index is 12.4. The van der Waals surface area contributed by atoms with Crippen LogP contribution in [-0.4, -0.2) is 28.6 Å². The van der Waals surface area contributed by atoms with Crippen LogP contribution in [0.25, 0.3) is 11.1 Å². The minimum atomic E-state index is -0.555. The Morgan fingerprint density at radius 1 is 0.897 bits per heavy atom. The summed E-state index contributed by atoms with van der Waals surface area (Å²) in [5.74, 6) is 0.327. The summed E-state index contributed by atoms with van der Waals surface area (Å²) in [4.78, 5) is 12.4. The van der Waals surface area contributed by atoms with Crippen LogP contribution in [-0.2, 0) is 0 Å². The molecule has 0 saturated carbocycles. The molecule has 0 aliphatic heterocycles. The molecule has 0 aliphatic carbocycles. The van der Waals surface area contributed by atoms with Crippen molar-refractivity contribution in [3.8, 4) is 16.9 Å². The highest BCUT2D eigenvalue weighted by Gasteiger charge is 2.19. The highest BCUT2D eigenvalue weighted by atomic mass is 35.5. The summed E-state index contributed by atoms with van der Waals surface area (Å²) in [7, 11) is 0. The number of aliphatic hydroxyl groups excluding tert-OH is 1. The van der Waals surface area contributed by atoms with Gasteiger partial charge in [-0.1, -0.05) is 66.7 Å². The zero-order chi connectivity index (χ0) is 19.9. The number of hydrogen-bond donors (Lipinski definition) is 3. The third-order valence-corrected chi connectivity index (χ3v) is 4.96. The highest BCUT2D eigenvalue weighted by molar-refractivity contribution is 5.96. The summed E-state index contributed by atoms with van der Waals surface area (Å²) in [6.07, 6.45) is -0.134. The van der Waals surface area contributed by atoms with E-state index < -0.39 is 6.10 Å². The second-order valence-electron chi connectivity index (χ2n) is 7.04. The first kappa shape index (κ1) is 22.6. The Balaban J connectivity index is 0.00000300. The number of nitrogens with two attached hydrogens (primary N) is 1. The lowest BCUT2D eigenvalue weighted by Gasteiger charge is -2.17. The molecule has 2 unspecified atom stereocenters. The molecular weight excluding hydrogens is 386 g/mol. The lowest BCUT2D eigenvalue weighted by atomic mass is 10.0. The molecule has 0 aromatic heterocycles. The Labute approximate surface area is 177 Å². The Bertz CT molecular complexity index is 896. The predicted molar refractivity (Wildman–Crippen MR) is 110 cm³/mol. The van der Waals surface area contributed by atoms with Crippen LogP contribution in [0, 0.1) is 0 Å². The smallest absolute Gasteiger partial charge is 0.168 e. The standard InChI is InChI=1S/C24H25NO3.ClH/c1-17(24(28)21-5-3-2-4-6-21)25-16-15-23(27)20-9-7-18(8-10-20)19-11-13-22(26)14-12-19;/h2-14,17,24-26,28H,15-16H2,1H3;1H. The molecule has 4 N–H and O–H groups in total. The number of quaternary nitrogens is 1. The number of aliphatic hydroxyl groups is 1. The maximum absolute atomic E-state index is 12.4. The first-order valence-electron chi connectivity index (χ1n) is 9.53. The Kier molecular flexibility index (Phi) is 8.40. The molecule has 152 valence electrons. The Morgan fingerprint density at radius 2 is 1.45 bits per heavy atom. The van der Waals surface area contributed by atoms with E-state index in [0.717, 1.165) is 16.7 Å². The van der Waals surface area contributed by atoms with Gasteiger partial charge in [0.2, 0.25) is 0 Å². The van der Waals surface area contributed by atoms with E-state index in [9.17, 15) is 15.0 Å². The molecule has 0 amide bonds. The molecule has 0 aliphatic rings. The van der Waals surface area contributed by atoms with E-state index in [2.05, 4.69) is 0 Å². The van der Waals surface area contributed by atoms with E-state index in [1.165, 1.54) is 0 Å². The van der Waals surface area contributed by atoms with Crippen molar-refractivity contribution in [2.24, 2.45) is 0 Å². The molecule has 2 atom stereocenters. The van der Waals surface area contributed by atoms with Crippen molar-refractivity contribution in [2.45, 2.75) is 25.5 Å². The molecule has 0 saturated heterocycles. The zero-order valence-electron chi connectivity index (χ0n) is 16.3. The number of carbonyl (C=O) groups excluding carboxylic acids is 1. The van der Waals surface area contributed by atoms with Crippen LogP contribution in [0.4, 0.5) is 0 Å². The van der Waals surface area contributed by atoms with Crippen molar-refractivity contribution in [1.82, 2.24) is 0 Å². The van der Waals surface area contributed by atoms with Gasteiger partial charge in [0.15, 0.2) is 5.78 Å². The number of ketones is 1. The van der Waals surface area contributed by atoms with Crippen molar-refractivity contribution in [2.75, 3.05) is 6.54 Å². The number of rotatable bonds is 8. The summed E-state index contributed by atoms with van der Waals surface area (Å²) < 4.78 is 0. The van der Waals surface area contributed by atoms with Gasteiger partial charge in [0.05, 0.1) is 13.0 Å². The zero-order valence-corrected chi connectivity index (χ0v) is 17.1. The molecule has 0 radical (unpaired) electrons. The third kappa shape index (κ3) is 6.16. The maximum Gasteiger partial charge on any atom is 0.168 e. The molecule has 3 aromatic carbocycles. The second kappa shape index (κ2) is 10.8. The normalized spacial score (nSPS) is 12.6. The van der Waals surface area contributed by atoms with Gasteiger partial charge < -0.3 is 27.9 Å². The van der Waals surface area contributed by atoms with Crippen molar-refractivity contribution >= 4 is 5.78 Å². The lowest BCUT2D eigenvalue weighted by molar-refractivity contribution is -0.693. The van der Waals surface area contributed by atoms with Crippen LogP contribution in [0.1, 0.15) is 35.4 Å². The van der Waals surface area contributed by atoms with Gasteiger partial charge in [0.25, 0.3) is 0 Å². The molecule has 5 heteroatoms. The molecule has 29 heavy (non-hydrogen) atoms. The largest absolute Gasteiger partial charge is 1.00 e. The SMILES string of the molecule is CC([NH2+]CCC(=O)c1ccc(-c2ccc(O)cc2)cc1)C(O)c1ccccc1.[Cl-]. The van der Waals surface area contributed by atoms with E-state index in [0.29, 0.717) is 18.5 Å². The molecule has 0 spiro atoms. The number of phenolic OH excluding ortho intramolecular Hbond substituents is 1. The third-order valence-electron chi connectivity index (χ3n) is 4.96. The number of halogens is 1. The van der Waals surface area contributed by atoms with Crippen molar-refractivity contribution < 1.29 is 32.7 Å². The van der Waals surface area contributed by atoms with Crippen LogP contribution < -0.4 is 17.7 Å². The number of phenols is 1. The van der Waals surface area contributed by atoms with Crippen LogP contribution in [0.15, 0.2) is 78.9 Å². The van der Waals surface area contributed by atoms with Gasteiger partial charge in [-0.05, 0) is 35.7 Å². The molecule has 3 aromatic rings. The summed E-state index contributed by atoms with van der Waals surface area (Å²) in [6.45, 7) is 2.60. The van der Waals surface area contributed by atoms with Crippen LogP contribution >= 0.6 is 0 Å². The van der Waals surface area contributed by atoms with Crippen LogP contribution in [0.5, 0.6) is 5.75 Å². The fraction of sp³-hybridized carbons (Fsp3) is 0.208. The number of aromatic hydroxyl groups is 1. The molecule has 0 heterocycles. The number of hydrogen-bond acceptors (Lipinski definition) is 3. The van der Waals surface area contributed by atoms with E-state index in [1.54, 1.807) is 12.1 Å². The molecule has 3 rings (SSSR count). The molecular formula is C24H26ClNO3. The van der Waals surface area contributed by atoms with Gasteiger partial charge >= 0.3 is 0 Å². The number of benzene rings is 3. The van der Waals surface area contributed by atoms with Gasteiger partial charge in [-0.15, -0.1) is 0 Å². The minimum Gasteiger partial charge on any atom is -1.00 e. The summed E-state index contributed by atoms with van der Waals surface area (Å²) in [6, 6.07) is 24.1. The van der Waals surface area contributed by atoms with E-state index >= 15 is 0 Å².